The molecule has 0 aromatic heterocycles. The van der Waals surface area contributed by atoms with Gasteiger partial charge in [0.05, 0.1) is 25.7 Å². The number of hydrogen-bond acceptors (Lipinski definition) is 5. The molecule has 0 saturated heterocycles. The van der Waals surface area contributed by atoms with Gasteiger partial charge in [0, 0.05) is 19.1 Å². The van der Waals surface area contributed by atoms with Gasteiger partial charge in [0.1, 0.15) is 0 Å². The number of rotatable bonds is 8. The number of nitrogens with zero attached hydrogens (tertiary/aromatic N) is 1. The van der Waals surface area contributed by atoms with Crippen molar-refractivity contribution in [2.24, 2.45) is 0 Å². The Morgan fingerprint density at radius 1 is 1.44 bits per heavy atom. The molecule has 0 aliphatic carbocycles. The van der Waals surface area contributed by atoms with E-state index in [9.17, 15) is 9.90 Å². The zero-order valence-corrected chi connectivity index (χ0v) is 10.3. The third-order valence-corrected chi connectivity index (χ3v) is 2.27. The molecule has 5 nitrogen and oxygen atoms in total. The fourth-order valence-electron chi connectivity index (χ4n) is 1.44. The summed E-state index contributed by atoms with van der Waals surface area (Å²) in [5.74, 6) is -0.386. The van der Waals surface area contributed by atoms with Gasteiger partial charge in [-0.05, 0) is 20.8 Å². The lowest BCUT2D eigenvalue weighted by Gasteiger charge is -2.27. The molecule has 0 aromatic carbocycles. The topological polar surface area (TPSA) is 70.0 Å². The van der Waals surface area contributed by atoms with Gasteiger partial charge in [-0.25, -0.2) is 0 Å². The summed E-state index contributed by atoms with van der Waals surface area (Å²) in [6.07, 6.45) is -0.740. The Hall–Kier alpha value is -0.650. The van der Waals surface area contributed by atoms with Crippen molar-refractivity contribution in [3.63, 3.8) is 0 Å². The quantitative estimate of drug-likeness (QED) is 0.578. The fraction of sp³-hybridized carbons (Fsp3) is 0.909. The lowest BCUT2D eigenvalue weighted by Crippen LogP contribution is -2.40. The minimum Gasteiger partial charge on any atom is -0.466 e. The first-order chi connectivity index (χ1) is 7.51. The average molecular weight is 233 g/mol. The zero-order chi connectivity index (χ0) is 12.6. The van der Waals surface area contributed by atoms with Gasteiger partial charge in [0.15, 0.2) is 0 Å². The van der Waals surface area contributed by atoms with Crippen LogP contribution in [-0.2, 0) is 9.53 Å². The third kappa shape index (κ3) is 6.76. The van der Waals surface area contributed by atoms with Crippen LogP contribution in [0.4, 0.5) is 0 Å². The highest BCUT2D eigenvalue weighted by Crippen LogP contribution is 2.03. The van der Waals surface area contributed by atoms with Crippen molar-refractivity contribution in [1.82, 2.24) is 4.90 Å². The molecular formula is C11H23NO4. The van der Waals surface area contributed by atoms with Crippen molar-refractivity contribution in [2.45, 2.75) is 39.3 Å². The van der Waals surface area contributed by atoms with E-state index in [4.69, 9.17) is 9.84 Å². The predicted octanol–water partition coefficient (Wildman–Crippen LogP) is 0.00320. The maximum Gasteiger partial charge on any atom is 0.308 e. The molecule has 16 heavy (non-hydrogen) atoms. The summed E-state index contributed by atoms with van der Waals surface area (Å²) >= 11 is 0. The highest BCUT2D eigenvalue weighted by molar-refractivity contribution is 5.69. The molecule has 1 unspecified atom stereocenters. The summed E-state index contributed by atoms with van der Waals surface area (Å²) in [5.41, 5.74) is 0. The minimum atomic E-state index is -0.743. The highest BCUT2D eigenvalue weighted by Gasteiger charge is 2.17. The normalized spacial score (nSPS) is 13.2. The van der Waals surface area contributed by atoms with E-state index in [2.05, 4.69) is 0 Å². The second kappa shape index (κ2) is 8.50. The Kier molecular flexibility index (Phi) is 8.15. The lowest BCUT2D eigenvalue weighted by molar-refractivity contribution is -0.145. The van der Waals surface area contributed by atoms with Gasteiger partial charge in [-0.15, -0.1) is 0 Å². The van der Waals surface area contributed by atoms with Crippen LogP contribution in [0, 0.1) is 0 Å². The van der Waals surface area contributed by atoms with Crippen LogP contribution in [0.1, 0.15) is 27.2 Å². The summed E-state index contributed by atoms with van der Waals surface area (Å²) in [7, 11) is 0. The number of hydrogen-bond donors (Lipinski definition) is 2. The molecule has 0 heterocycles. The number of carbonyl (C=O) groups is 1. The number of carbonyl (C=O) groups excluding carboxylic acids is 1. The van der Waals surface area contributed by atoms with E-state index in [-0.39, 0.29) is 25.0 Å². The summed E-state index contributed by atoms with van der Waals surface area (Å²) in [5, 5.41) is 18.5. The van der Waals surface area contributed by atoms with E-state index < -0.39 is 6.10 Å². The van der Waals surface area contributed by atoms with E-state index in [1.54, 1.807) is 6.92 Å². The van der Waals surface area contributed by atoms with Crippen molar-refractivity contribution < 1.29 is 19.7 Å². The molecule has 0 aliphatic rings. The van der Waals surface area contributed by atoms with E-state index in [1.807, 2.05) is 18.7 Å². The largest absolute Gasteiger partial charge is 0.466 e. The molecule has 0 amide bonds. The van der Waals surface area contributed by atoms with Gasteiger partial charge in [-0.2, -0.15) is 0 Å². The molecule has 0 bridgehead atoms. The number of aliphatic hydroxyl groups excluding tert-OH is 2. The van der Waals surface area contributed by atoms with Crippen LogP contribution < -0.4 is 0 Å². The van der Waals surface area contributed by atoms with Gasteiger partial charge >= 0.3 is 5.97 Å². The first-order valence-electron chi connectivity index (χ1n) is 5.69. The second-order valence-corrected chi connectivity index (χ2v) is 3.98. The van der Waals surface area contributed by atoms with E-state index in [0.717, 1.165) is 0 Å². The number of ether oxygens (including phenoxy) is 1. The minimum absolute atomic E-state index is 0.00247. The fourth-order valence-corrected chi connectivity index (χ4v) is 1.44. The molecule has 5 heteroatoms. The lowest BCUT2D eigenvalue weighted by atomic mass is 10.2. The average Bonchev–Trinajstić information content (AvgIpc) is 2.16. The molecule has 1 atom stereocenters. The first kappa shape index (κ1) is 15.3. The van der Waals surface area contributed by atoms with Gasteiger partial charge in [-0.1, -0.05) is 0 Å². The van der Waals surface area contributed by atoms with Crippen LogP contribution in [0.3, 0.4) is 0 Å². The molecule has 0 aromatic rings. The smallest absolute Gasteiger partial charge is 0.308 e. The monoisotopic (exact) mass is 233 g/mol. The van der Waals surface area contributed by atoms with Crippen molar-refractivity contribution in [3.8, 4) is 0 Å². The van der Waals surface area contributed by atoms with Gasteiger partial charge < -0.3 is 14.9 Å². The molecular weight excluding hydrogens is 210 g/mol. The van der Waals surface area contributed by atoms with Gasteiger partial charge in [0.2, 0.25) is 0 Å². The van der Waals surface area contributed by atoms with Crippen molar-refractivity contribution in [1.29, 1.82) is 0 Å². The first-order valence-corrected chi connectivity index (χ1v) is 5.69. The Bertz CT molecular complexity index is 196. The third-order valence-electron chi connectivity index (χ3n) is 2.27. The molecule has 96 valence electrons. The molecule has 0 rings (SSSR count). The molecule has 0 aliphatic heterocycles. The second-order valence-electron chi connectivity index (χ2n) is 3.98. The summed E-state index contributed by atoms with van der Waals surface area (Å²) in [6.45, 7) is 6.94. The standard InChI is InChI=1S/C11H23NO4/c1-4-16-11(15)7-10(14)8-12(5-6-13)9(2)3/h9-10,13-14H,4-8H2,1-3H3. The van der Waals surface area contributed by atoms with E-state index in [1.165, 1.54) is 0 Å². The van der Waals surface area contributed by atoms with Gasteiger partial charge in [0.25, 0.3) is 0 Å². The summed E-state index contributed by atoms with van der Waals surface area (Å²) < 4.78 is 4.75. The van der Waals surface area contributed by atoms with Crippen LogP contribution in [0.5, 0.6) is 0 Å². The molecule has 0 radical (unpaired) electrons. The van der Waals surface area contributed by atoms with Gasteiger partial charge in [-0.3, -0.25) is 9.69 Å². The van der Waals surface area contributed by atoms with E-state index >= 15 is 0 Å². The highest BCUT2D eigenvalue weighted by atomic mass is 16.5. The number of aliphatic hydroxyl groups is 2. The van der Waals surface area contributed by atoms with Crippen LogP contribution >= 0.6 is 0 Å². The van der Waals surface area contributed by atoms with Crippen LogP contribution in [0.2, 0.25) is 0 Å². The number of esters is 1. The Morgan fingerprint density at radius 3 is 2.50 bits per heavy atom. The zero-order valence-electron chi connectivity index (χ0n) is 10.3. The Labute approximate surface area is 97.0 Å². The Morgan fingerprint density at radius 2 is 2.06 bits per heavy atom. The summed E-state index contributed by atoms with van der Waals surface area (Å²) in [6, 6.07) is 0.226. The van der Waals surface area contributed by atoms with Crippen molar-refractivity contribution in [3.05, 3.63) is 0 Å². The SMILES string of the molecule is CCOC(=O)CC(O)CN(CCO)C(C)C. The molecule has 2 N–H and O–H groups in total. The van der Waals surface area contributed by atoms with Crippen LogP contribution in [0.25, 0.3) is 0 Å². The predicted molar refractivity (Wildman–Crippen MR) is 61.1 cm³/mol. The van der Waals surface area contributed by atoms with Crippen LogP contribution in [-0.4, -0.2) is 59.5 Å². The van der Waals surface area contributed by atoms with Crippen LogP contribution in [0.15, 0.2) is 0 Å². The van der Waals surface area contributed by atoms with Crippen molar-refractivity contribution in [2.75, 3.05) is 26.3 Å². The maximum atomic E-state index is 11.1. The Balaban J connectivity index is 3.98. The summed E-state index contributed by atoms with van der Waals surface area (Å²) in [4.78, 5) is 13.0. The molecule has 0 saturated carbocycles. The van der Waals surface area contributed by atoms with E-state index in [0.29, 0.717) is 19.7 Å². The molecule has 0 fully saturated rings. The maximum absolute atomic E-state index is 11.1. The van der Waals surface area contributed by atoms with Crippen molar-refractivity contribution >= 4 is 5.97 Å². The molecule has 0 spiro atoms.